The molecule has 1 aliphatic rings. The van der Waals surface area contributed by atoms with Gasteiger partial charge in [0.15, 0.2) is 0 Å². The Balaban J connectivity index is 1.77. The zero-order valence-electron chi connectivity index (χ0n) is 14.5. The Morgan fingerprint density at radius 2 is 1.75 bits per heavy atom. The molecule has 2 aromatic rings. The van der Waals surface area contributed by atoms with Crippen molar-refractivity contribution in [3.8, 4) is 0 Å². The summed E-state index contributed by atoms with van der Waals surface area (Å²) in [7, 11) is 2.13. The quantitative estimate of drug-likeness (QED) is 0.943. The Labute approximate surface area is 143 Å². The molecule has 1 aromatic heterocycles. The maximum Gasteiger partial charge on any atom is 0.274 e. The summed E-state index contributed by atoms with van der Waals surface area (Å²) in [4.78, 5) is 21.5. The highest BCUT2D eigenvalue weighted by Crippen LogP contribution is 2.21. The summed E-state index contributed by atoms with van der Waals surface area (Å²) in [5, 5.41) is 3.00. The topological polar surface area (TPSA) is 48.5 Å². The maximum atomic E-state index is 12.6. The van der Waals surface area contributed by atoms with Crippen molar-refractivity contribution in [1.82, 2.24) is 9.88 Å². The van der Waals surface area contributed by atoms with Gasteiger partial charge in [0.05, 0.1) is 0 Å². The lowest BCUT2D eigenvalue weighted by molar-refractivity contribution is 0.102. The van der Waals surface area contributed by atoms with Crippen molar-refractivity contribution >= 4 is 17.3 Å². The number of hydrogen-bond donors (Lipinski definition) is 1. The number of amides is 1. The number of nitrogens with one attached hydrogen (secondary N) is 1. The van der Waals surface area contributed by atoms with Crippen molar-refractivity contribution in [3.63, 3.8) is 0 Å². The molecule has 0 spiro atoms. The number of carbonyl (C=O) groups is 1. The molecular weight excluding hydrogens is 300 g/mol. The van der Waals surface area contributed by atoms with E-state index in [1.165, 1.54) is 0 Å². The molecule has 1 N–H and O–H groups in total. The largest absolute Gasteiger partial charge is 0.369 e. The van der Waals surface area contributed by atoms with E-state index in [0.717, 1.165) is 48.7 Å². The van der Waals surface area contributed by atoms with E-state index in [4.69, 9.17) is 0 Å². The van der Waals surface area contributed by atoms with Gasteiger partial charge in [0.1, 0.15) is 5.69 Å². The van der Waals surface area contributed by atoms with E-state index in [9.17, 15) is 4.79 Å². The molecule has 126 valence electrons. The lowest BCUT2D eigenvalue weighted by Crippen LogP contribution is -2.44. The Hall–Kier alpha value is -2.40. The Bertz CT molecular complexity index is 716. The predicted octanol–water partition coefficient (Wildman–Crippen LogP) is 2.70. The third-order valence-corrected chi connectivity index (χ3v) is 4.56. The fourth-order valence-electron chi connectivity index (χ4n) is 2.99. The summed E-state index contributed by atoms with van der Waals surface area (Å²) in [6.07, 6.45) is 1.72. The summed E-state index contributed by atoms with van der Waals surface area (Å²) in [5.41, 5.74) is 4.49. The minimum Gasteiger partial charge on any atom is -0.369 e. The number of piperazine rings is 1. The van der Waals surface area contributed by atoms with Crippen LogP contribution in [-0.4, -0.2) is 49.0 Å². The van der Waals surface area contributed by atoms with Gasteiger partial charge in [-0.05, 0) is 44.2 Å². The van der Waals surface area contributed by atoms with Crippen LogP contribution in [0.25, 0.3) is 0 Å². The Morgan fingerprint density at radius 1 is 1.08 bits per heavy atom. The van der Waals surface area contributed by atoms with Crippen molar-refractivity contribution in [2.75, 3.05) is 43.4 Å². The molecule has 5 heteroatoms. The lowest BCUT2D eigenvalue weighted by atomic mass is 10.1. The molecule has 0 atom stereocenters. The van der Waals surface area contributed by atoms with Crippen LogP contribution in [0.3, 0.4) is 0 Å². The maximum absolute atomic E-state index is 12.6. The Morgan fingerprint density at radius 3 is 2.42 bits per heavy atom. The summed E-state index contributed by atoms with van der Waals surface area (Å²) >= 11 is 0. The molecule has 1 amide bonds. The van der Waals surface area contributed by atoms with Crippen LogP contribution in [0.5, 0.6) is 0 Å². The van der Waals surface area contributed by atoms with Gasteiger partial charge in [-0.25, -0.2) is 0 Å². The zero-order chi connectivity index (χ0) is 17.1. The van der Waals surface area contributed by atoms with E-state index >= 15 is 0 Å². The molecule has 5 nitrogen and oxygen atoms in total. The van der Waals surface area contributed by atoms with Crippen molar-refractivity contribution in [1.29, 1.82) is 0 Å². The van der Waals surface area contributed by atoms with Crippen LogP contribution in [0.1, 0.15) is 21.6 Å². The first-order chi connectivity index (χ1) is 11.5. The third kappa shape index (κ3) is 3.57. The van der Waals surface area contributed by atoms with E-state index in [2.05, 4.69) is 27.1 Å². The number of rotatable bonds is 3. The molecule has 1 fully saturated rings. The van der Waals surface area contributed by atoms with E-state index in [0.29, 0.717) is 5.69 Å². The van der Waals surface area contributed by atoms with Crippen molar-refractivity contribution in [2.24, 2.45) is 0 Å². The number of benzene rings is 1. The van der Waals surface area contributed by atoms with Gasteiger partial charge in [0.25, 0.3) is 5.91 Å². The SMILES string of the molecule is Cc1cccc(C)c1NC(=O)c1cc(N2CCN(C)CC2)ccn1. The number of carbonyl (C=O) groups excluding carboxylic acids is 1. The number of para-hydroxylation sites is 1. The normalized spacial score (nSPS) is 15.4. The lowest BCUT2D eigenvalue weighted by Gasteiger charge is -2.34. The minimum absolute atomic E-state index is 0.164. The molecule has 0 radical (unpaired) electrons. The fraction of sp³-hybridized carbons (Fsp3) is 0.368. The number of nitrogens with zero attached hydrogens (tertiary/aromatic N) is 3. The molecule has 1 aromatic carbocycles. The van der Waals surface area contributed by atoms with Crippen LogP contribution >= 0.6 is 0 Å². The van der Waals surface area contributed by atoms with E-state index in [-0.39, 0.29) is 5.91 Å². The minimum atomic E-state index is -0.164. The molecule has 24 heavy (non-hydrogen) atoms. The number of likely N-dealkylation sites (N-methyl/N-ethyl adjacent to an activating group) is 1. The predicted molar refractivity (Wildman–Crippen MR) is 97.8 cm³/mol. The van der Waals surface area contributed by atoms with Gasteiger partial charge in [-0.2, -0.15) is 0 Å². The van der Waals surface area contributed by atoms with Crippen molar-refractivity contribution in [3.05, 3.63) is 53.3 Å². The number of hydrogen-bond acceptors (Lipinski definition) is 4. The smallest absolute Gasteiger partial charge is 0.274 e. The van der Waals surface area contributed by atoms with Gasteiger partial charge in [0.2, 0.25) is 0 Å². The fourth-order valence-corrected chi connectivity index (χ4v) is 2.99. The number of aryl methyl sites for hydroxylation is 2. The van der Waals surface area contributed by atoms with Gasteiger partial charge in [-0.3, -0.25) is 9.78 Å². The summed E-state index contributed by atoms with van der Waals surface area (Å²) in [6.45, 7) is 8.00. The number of anilines is 2. The summed E-state index contributed by atoms with van der Waals surface area (Å²) in [6, 6.07) is 9.84. The molecule has 0 bridgehead atoms. The monoisotopic (exact) mass is 324 g/mol. The highest BCUT2D eigenvalue weighted by molar-refractivity contribution is 6.04. The second-order valence-corrected chi connectivity index (χ2v) is 6.41. The first kappa shape index (κ1) is 16.5. The number of pyridine rings is 1. The molecule has 2 heterocycles. The standard InChI is InChI=1S/C19H24N4O/c1-14-5-4-6-15(2)18(14)21-19(24)17-13-16(7-8-20-17)23-11-9-22(3)10-12-23/h4-8,13H,9-12H2,1-3H3,(H,21,24). The van der Waals surface area contributed by atoms with E-state index in [1.807, 2.05) is 44.2 Å². The van der Waals surface area contributed by atoms with Crippen molar-refractivity contribution in [2.45, 2.75) is 13.8 Å². The first-order valence-electron chi connectivity index (χ1n) is 8.32. The highest BCUT2D eigenvalue weighted by atomic mass is 16.1. The van der Waals surface area contributed by atoms with Crippen molar-refractivity contribution < 1.29 is 4.79 Å². The molecule has 0 unspecified atom stereocenters. The first-order valence-corrected chi connectivity index (χ1v) is 8.32. The van der Waals surface area contributed by atoms with E-state index in [1.54, 1.807) is 6.20 Å². The third-order valence-electron chi connectivity index (χ3n) is 4.56. The van der Waals surface area contributed by atoms with Crippen LogP contribution in [0, 0.1) is 13.8 Å². The second-order valence-electron chi connectivity index (χ2n) is 6.41. The average molecular weight is 324 g/mol. The van der Waals surface area contributed by atoms with Gasteiger partial charge in [0, 0.05) is 43.8 Å². The number of aromatic nitrogens is 1. The summed E-state index contributed by atoms with van der Waals surface area (Å²) < 4.78 is 0. The highest BCUT2D eigenvalue weighted by Gasteiger charge is 2.17. The molecule has 3 rings (SSSR count). The van der Waals surface area contributed by atoms with Crippen LogP contribution in [-0.2, 0) is 0 Å². The molecule has 1 aliphatic heterocycles. The molecule has 0 aliphatic carbocycles. The van der Waals surface area contributed by atoms with Crippen LogP contribution in [0.4, 0.5) is 11.4 Å². The Kier molecular flexibility index (Phi) is 4.81. The zero-order valence-corrected chi connectivity index (χ0v) is 14.5. The van der Waals surface area contributed by atoms with Crippen LogP contribution in [0.2, 0.25) is 0 Å². The van der Waals surface area contributed by atoms with E-state index < -0.39 is 0 Å². The van der Waals surface area contributed by atoms with Crippen LogP contribution in [0.15, 0.2) is 36.5 Å². The van der Waals surface area contributed by atoms with Gasteiger partial charge in [-0.15, -0.1) is 0 Å². The van der Waals surface area contributed by atoms with Gasteiger partial charge >= 0.3 is 0 Å². The molecule has 1 saturated heterocycles. The van der Waals surface area contributed by atoms with Gasteiger partial charge < -0.3 is 15.1 Å². The van der Waals surface area contributed by atoms with Gasteiger partial charge in [-0.1, -0.05) is 18.2 Å². The second kappa shape index (κ2) is 7.01. The molecule has 0 saturated carbocycles. The molecular formula is C19H24N4O. The van der Waals surface area contributed by atoms with Crippen LogP contribution < -0.4 is 10.2 Å². The summed E-state index contributed by atoms with van der Waals surface area (Å²) in [5.74, 6) is -0.164. The average Bonchev–Trinajstić information content (AvgIpc) is 2.59.